The molecule has 0 unspecified atom stereocenters. The summed E-state index contributed by atoms with van der Waals surface area (Å²) < 4.78 is 10.4. The van der Waals surface area contributed by atoms with Gasteiger partial charge in [0.05, 0.1) is 0 Å². The van der Waals surface area contributed by atoms with E-state index in [2.05, 4.69) is 10.1 Å². The van der Waals surface area contributed by atoms with Gasteiger partial charge in [-0.2, -0.15) is 4.98 Å². The number of hydrogen-bond acceptors (Lipinski definition) is 5. The van der Waals surface area contributed by atoms with Crippen LogP contribution in [0.25, 0.3) is 12.2 Å². The summed E-state index contributed by atoms with van der Waals surface area (Å²) in [6.45, 7) is 3.76. The van der Waals surface area contributed by atoms with Crippen molar-refractivity contribution in [1.82, 2.24) is 10.1 Å². The Morgan fingerprint density at radius 2 is 2.11 bits per heavy atom. The van der Waals surface area contributed by atoms with Crippen molar-refractivity contribution in [2.45, 2.75) is 19.4 Å². The minimum absolute atomic E-state index is 0.433. The van der Waals surface area contributed by atoms with Crippen LogP contribution in [-0.2, 0) is 10.3 Å². The van der Waals surface area contributed by atoms with Gasteiger partial charge >= 0.3 is 0 Å². The topological polar surface area (TPSA) is 74.2 Å². The summed E-state index contributed by atoms with van der Waals surface area (Å²) in [6, 6.07) is 7.54. The number of nitrogens with zero attached hydrogens (tertiary/aromatic N) is 2. The van der Waals surface area contributed by atoms with Crippen molar-refractivity contribution in [1.29, 1.82) is 0 Å². The zero-order chi connectivity index (χ0) is 13.9. The van der Waals surface area contributed by atoms with Crippen LogP contribution < -0.4 is 5.73 Å². The summed E-state index contributed by atoms with van der Waals surface area (Å²) in [6.07, 6.45) is 3.62. The van der Waals surface area contributed by atoms with Crippen LogP contribution >= 0.6 is 0 Å². The fraction of sp³-hybridized carbons (Fsp3) is 0.286. The number of anilines is 1. The van der Waals surface area contributed by atoms with Crippen molar-refractivity contribution in [2.24, 2.45) is 0 Å². The Labute approximate surface area is 112 Å². The second-order valence-electron chi connectivity index (χ2n) is 4.67. The number of methoxy groups -OCH3 is 1. The zero-order valence-corrected chi connectivity index (χ0v) is 11.3. The summed E-state index contributed by atoms with van der Waals surface area (Å²) in [5.74, 6) is 0.949. The largest absolute Gasteiger partial charge is 0.399 e. The molecule has 0 spiro atoms. The number of nitrogens with two attached hydrogens (primary N) is 1. The van der Waals surface area contributed by atoms with E-state index in [4.69, 9.17) is 15.0 Å². The summed E-state index contributed by atoms with van der Waals surface area (Å²) in [5, 5.41) is 3.90. The first kappa shape index (κ1) is 13.3. The van der Waals surface area contributed by atoms with Crippen molar-refractivity contribution >= 4 is 17.8 Å². The highest BCUT2D eigenvalue weighted by molar-refractivity contribution is 5.67. The van der Waals surface area contributed by atoms with Crippen LogP contribution in [0, 0.1) is 0 Å². The van der Waals surface area contributed by atoms with E-state index < -0.39 is 5.60 Å². The smallest absolute Gasteiger partial charge is 0.250 e. The number of aromatic nitrogens is 2. The van der Waals surface area contributed by atoms with Crippen LogP contribution in [0.1, 0.15) is 31.1 Å². The van der Waals surface area contributed by atoms with Crippen LogP contribution in [0.2, 0.25) is 0 Å². The van der Waals surface area contributed by atoms with Crippen molar-refractivity contribution in [2.75, 3.05) is 12.8 Å². The van der Waals surface area contributed by atoms with Gasteiger partial charge in [0.1, 0.15) is 5.60 Å². The Morgan fingerprint density at radius 1 is 1.32 bits per heavy atom. The van der Waals surface area contributed by atoms with E-state index in [9.17, 15) is 0 Å². The number of hydrogen-bond donors (Lipinski definition) is 1. The van der Waals surface area contributed by atoms with Gasteiger partial charge in [-0.05, 0) is 37.6 Å². The summed E-state index contributed by atoms with van der Waals surface area (Å²) in [4.78, 5) is 4.27. The van der Waals surface area contributed by atoms with E-state index in [1.165, 1.54) is 0 Å². The predicted molar refractivity (Wildman–Crippen MR) is 74.1 cm³/mol. The van der Waals surface area contributed by atoms with Crippen molar-refractivity contribution in [3.8, 4) is 0 Å². The molecule has 0 aliphatic rings. The molecule has 19 heavy (non-hydrogen) atoms. The molecule has 0 aliphatic carbocycles. The van der Waals surface area contributed by atoms with E-state index in [-0.39, 0.29) is 0 Å². The van der Waals surface area contributed by atoms with Crippen LogP contribution in [0.3, 0.4) is 0 Å². The Balaban J connectivity index is 2.16. The maximum absolute atomic E-state index is 5.70. The molecule has 5 heteroatoms. The summed E-state index contributed by atoms with van der Waals surface area (Å²) in [5.41, 5.74) is 6.84. The van der Waals surface area contributed by atoms with Gasteiger partial charge in [0.15, 0.2) is 0 Å². The summed E-state index contributed by atoms with van der Waals surface area (Å²) >= 11 is 0. The van der Waals surface area contributed by atoms with Gasteiger partial charge in [-0.25, -0.2) is 0 Å². The monoisotopic (exact) mass is 259 g/mol. The van der Waals surface area contributed by atoms with Gasteiger partial charge in [-0.1, -0.05) is 17.3 Å². The lowest BCUT2D eigenvalue weighted by Gasteiger charge is -2.17. The average Bonchev–Trinajstić information content (AvgIpc) is 2.86. The molecule has 0 saturated carbocycles. The first-order valence-corrected chi connectivity index (χ1v) is 5.94. The van der Waals surface area contributed by atoms with Crippen LogP contribution in [0.15, 0.2) is 28.8 Å². The molecule has 0 aliphatic heterocycles. The molecule has 0 atom stereocenters. The highest BCUT2D eigenvalue weighted by Gasteiger charge is 2.25. The molecule has 2 aromatic rings. The van der Waals surface area contributed by atoms with Gasteiger partial charge in [0.2, 0.25) is 5.82 Å². The Morgan fingerprint density at radius 3 is 2.79 bits per heavy atom. The maximum Gasteiger partial charge on any atom is 0.250 e. The molecular weight excluding hydrogens is 242 g/mol. The molecule has 2 N–H and O–H groups in total. The molecule has 1 aromatic carbocycles. The first-order chi connectivity index (χ1) is 9.01. The van der Waals surface area contributed by atoms with Crippen molar-refractivity contribution < 1.29 is 9.26 Å². The van der Waals surface area contributed by atoms with Crippen molar-refractivity contribution in [3.05, 3.63) is 41.5 Å². The molecule has 1 aromatic heterocycles. The number of benzene rings is 1. The first-order valence-electron chi connectivity index (χ1n) is 5.94. The summed E-state index contributed by atoms with van der Waals surface area (Å²) in [7, 11) is 1.61. The standard InChI is InChI=1S/C14H17N3O2/c1-14(2,18-3)13-16-12(19-17-13)8-7-10-5-4-6-11(15)9-10/h4-9H,15H2,1-3H3/b8-7+. The third-order valence-corrected chi connectivity index (χ3v) is 2.82. The number of ether oxygens (including phenoxy) is 1. The zero-order valence-electron chi connectivity index (χ0n) is 11.3. The van der Waals surface area contributed by atoms with E-state index >= 15 is 0 Å². The molecule has 100 valence electrons. The van der Waals surface area contributed by atoms with E-state index in [0.29, 0.717) is 17.4 Å². The minimum atomic E-state index is -0.563. The van der Waals surface area contributed by atoms with Gasteiger partial charge in [-0.15, -0.1) is 0 Å². The van der Waals surface area contributed by atoms with E-state index in [1.807, 2.05) is 44.2 Å². The van der Waals surface area contributed by atoms with Gasteiger partial charge in [0, 0.05) is 18.9 Å². The molecule has 0 radical (unpaired) electrons. The Hall–Kier alpha value is -2.14. The normalized spacial score (nSPS) is 12.2. The molecule has 0 amide bonds. The van der Waals surface area contributed by atoms with Gasteiger partial charge in [-0.3, -0.25) is 0 Å². The molecule has 1 heterocycles. The average molecular weight is 259 g/mol. The van der Waals surface area contributed by atoms with Crippen LogP contribution in [0.4, 0.5) is 5.69 Å². The van der Waals surface area contributed by atoms with E-state index in [1.54, 1.807) is 13.2 Å². The lowest BCUT2D eigenvalue weighted by molar-refractivity contribution is 0.00973. The minimum Gasteiger partial charge on any atom is -0.399 e. The second kappa shape index (κ2) is 5.24. The fourth-order valence-electron chi connectivity index (χ4n) is 1.47. The molecule has 0 fully saturated rings. The number of rotatable bonds is 4. The lowest BCUT2D eigenvalue weighted by atomic mass is 10.1. The van der Waals surface area contributed by atoms with Crippen molar-refractivity contribution in [3.63, 3.8) is 0 Å². The SMILES string of the molecule is COC(C)(C)c1noc(/C=C/c2cccc(N)c2)n1. The third kappa shape index (κ3) is 3.20. The molecule has 2 rings (SSSR count). The van der Waals surface area contributed by atoms with Crippen LogP contribution in [-0.4, -0.2) is 17.3 Å². The van der Waals surface area contributed by atoms with Crippen LogP contribution in [0.5, 0.6) is 0 Å². The number of nitrogen functional groups attached to an aromatic ring is 1. The highest BCUT2D eigenvalue weighted by Crippen LogP contribution is 2.21. The fourth-order valence-corrected chi connectivity index (χ4v) is 1.47. The van der Waals surface area contributed by atoms with Gasteiger partial charge < -0.3 is 15.0 Å². The molecule has 0 saturated heterocycles. The van der Waals surface area contributed by atoms with Gasteiger partial charge in [0.25, 0.3) is 5.89 Å². The Kier molecular flexibility index (Phi) is 3.66. The Bertz CT molecular complexity index is 588. The van der Waals surface area contributed by atoms with E-state index in [0.717, 1.165) is 5.56 Å². The molecular formula is C14H17N3O2. The molecule has 0 bridgehead atoms. The quantitative estimate of drug-likeness (QED) is 0.854. The predicted octanol–water partition coefficient (Wildman–Crippen LogP) is 2.70. The maximum atomic E-state index is 5.70. The lowest BCUT2D eigenvalue weighted by Crippen LogP contribution is -2.21. The third-order valence-electron chi connectivity index (χ3n) is 2.82. The highest BCUT2D eigenvalue weighted by atomic mass is 16.5. The second-order valence-corrected chi connectivity index (χ2v) is 4.67. The molecule has 5 nitrogen and oxygen atoms in total.